The van der Waals surface area contributed by atoms with Crippen LogP contribution in [0.15, 0.2) is 24.3 Å². The number of aromatic hydroxyl groups is 1. The fourth-order valence-electron chi connectivity index (χ4n) is 0.630. The van der Waals surface area contributed by atoms with Crippen LogP contribution < -0.4 is 4.74 Å². The number of hydrogen-bond donors (Lipinski definition) is 1. The van der Waals surface area contributed by atoms with Crippen LogP contribution in [0.4, 0.5) is 0 Å². The maximum absolute atomic E-state index is 8.99. The fourth-order valence-corrected chi connectivity index (χ4v) is 0.630. The molecule has 0 aliphatic heterocycles. The second kappa shape index (κ2) is 4.41. The standard InChI is InChI=1S/C7H8O2.Mg.2H/c1-9-7-5-3-2-4-6(7)8;;;/h2-5,8H,1H3;;;. The molecule has 1 aromatic carbocycles. The van der Waals surface area contributed by atoms with Gasteiger partial charge in [-0.3, -0.25) is 0 Å². The van der Waals surface area contributed by atoms with Crippen molar-refractivity contribution >= 4 is 23.1 Å². The van der Waals surface area contributed by atoms with Gasteiger partial charge in [0, 0.05) is 0 Å². The summed E-state index contributed by atoms with van der Waals surface area (Å²) < 4.78 is 4.79. The summed E-state index contributed by atoms with van der Waals surface area (Å²) in [6.07, 6.45) is 0. The maximum atomic E-state index is 8.99. The summed E-state index contributed by atoms with van der Waals surface area (Å²) in [5.41, 5.74) is 0. The Hall–Kier alpha value is -0.414. The van der Waals surface area contributed by atoms with Crippen molar-refractivity contribution in [2.45, 2.75) is 0 Å². The van der Waals surface area contributed by atoms with Gasteiger partial charge in [-0.1, -0.05) is 12.1 Å². The number of rotatable bonds is 1. The van der Waals surface area contributed by atoms with Crippen LogP contribution >= 0.6 is 0 Å². The van der Waals surface area contributed by atoms with Crippen LogP contribution in [0.1, 0.15) is 0 Å². The number of ether oxygens (including phenoxy) is 1. The number of benzene rings is 1. The minimum Gasteiger partial charge on any atom is -0.504 e. The highest BCUT2D eigenvalue weighted by Crippen LogP contribution is 2.22. The summed E-state index contributed by atoms with van der Waals surface area (Å²) in [6.45, 7) is 0. The minimum absolute atomic E-state index is 0. The zero-order valence-corrected chi connectivity index (χ0v) is 5.16. The molecule has 0 spiro atoms. The van der Waals surface area contributed by atoms with Crippen LogP contribution in [0.5, 0.6) is 11.5 Å². The van der Waals surface area contributed by atoms with Gasteiger partial charge in [0.05, 0.1) is 7.11 Å². The first kappa shape index (κ1) is 9.59. The molecule has 0 bridgehead atoms. The molecule has 0 atom stereocenters. The molecule has 3 heteroatoms. The zero-order valence-electron chi connectivity index (χ0n) is 5.16. The van der Waals surface area contributed by atoms with Gasteiger partial charge in [0.25, 0.3) is 0 Å². The highest BCUT2D eigenvalue weighted by atomic mass is 24.3. The Bertz CT molecular complexity index is 201. The number of phenolic OH excluding ortho intramolecular Hbond substituents is 1. The predicted octanol–water partition coefficient (Wildman–Crippen LogP) is 0.485. The first-order chi connectivity index (χ1) is 4.34. The van der Waals surface area contributed by atoms with Gasteiger partial charge in [0.2, 0.25) is 0 Å². The summed E-state index contributed by atoms with van der Waals surface area (Å²) in [4.78, 5) is 0. The van der Waals surface area contributed by atoms with Crippen LogP contribution in [0.25, 0.3) is 0 Å². The lowest BCUT2D eigenvalue weighted by Crippen LogP contribution is -1.80. The van der Waals surface area contributed by atoms with E-state index in [1.807, 2.05) is 0 Å². The van der Waals surface area contributed by atoms with E-state index < -0.39 is 0 Å². The molecular weight excluding hydrogens is 140 g/mol. The van der Waals surface area contributed by atoms with Crippen LogP contribution in [0, 0.1) is 0 Å². The van der Waals surface area contributed by atoms with Gasteiger partial charge in [0.1, 0.15) is 0 Å². The Morgan fingerprint density at radius 1 is 1.30 bits per heavy atom. The molecule has 0 unspecified atom stereocenters. The van der Waals surface area contributed by atoms with E-state index >= 15 is 0 Å². The number of methoxy groups -OCH3 is 1. The fraction of sp³-hybridized carbons (Fsp3) is 0.143. The molecule has 0 fully saturated rings. The van der Waals surface area contributed by atoms with Crippen LogP contribution in [0.2, 0.25) is 0 Å². The number of para-hydroxylation sites is 2. The summed E-state index contributed by atoms with van der Waals surface area (Å²) in [5, 5.41) is 8.99. The Balaban J connectivity index is 0.000000810. The molecule has 0 amide bonds. The highest BCUT2D eigenvalue weighted by Gasteiger charge is 1.94. The van der Waals surface area contributed by atoms with Crippen molar-refractivity contribution in [3.8, 4) is 11.5 Å². The van der Waals surface area contributed by atoms with E-state index in [1.54, 1.807) is 24.3 Å². The largest absolute Gasteiger partial charge is 0.504 e. The van der Waals surface area contributed by atoms with Crippen molar-refractivity contribution in [3.63, 3.8) is 0 Å². The average Bonchev–Trinajstić information content (AvgIpc) is 1.89. The van der Waals surface area contributed by atoms with Crippen molar-refractivity contribution in [1.82, 2.24) is 0 Å². The summed E-state index contributed by atoms with van der Waals surface area (Å²) in [6, 6.07) is 6.84. The van der Waals surface area contributed by atoms with E-state index in [0.717, 1.165) is 0 Å². The van der Waals surface area contributed by atoms with Gasteiger partial charge >= 0.3 is 23.1 Å². The van der Waals surface area contributed by atoms with Gasteiger partial charge in [-0.15, -0.1) is 0 Å². The predicted molar refractivity (Wildman–Crippen MR) is 43.2 cm³/mol. The van der Waals surface area contributed by atoms with Gasteiger partial charge in [0.15, 0.2) is 11.5 Å². The first-order valence-corrected chi connectivity index (χ1v) is 2.66. The summed E-state index contributed by atoms with van der Waals surface area (Å²) >= 11 is 0. The number of phenols is 1. The minimum atomic E-state index is 0. The van der Waals surface area contributed by atoms with E-state index in [4.69, 9.17) is 9.84 Å². The lowest BCUT2D eigenvalue weighted by atomic mass is 10.3. The third kappa shape index (κ3) is 2.08. The molecule has 0 radical (unpaired) electrons. The van der Waals surface area contributed by atoms with Gasteiger partial charge < -0.3 is 9.84 Å². The quantitative estimate of drug-likeness (QED) is 0.590. The molecule has 0 aromatic heterocycles. The molecule has 0 aliphatic carbocycles. The van der Waals surface area contributed by atoms with Crippen molar-refractivity contribution in [1.29, 1.82) is 0 Å². The van der Waals surface area contributed by atoms with Crippen molar-refractivity contribution < 1.29 is 9.84 Å². The normalized spacial score (nSPS) is 8.10. The first-order valence-electron chi connectivity index (χ1n) is 2.66. The smallest absolute Gasteiger partial charge is 0.316 e. The molecular formula is C7H10MgO2. The monoisotopic (exact) mass is 150 g/mol. The maximum Gasteiger partial charge on any atom is 0.316 e. The summed E-state index contributed by atoms with van der Waals surface area (Å²) in [5.74, 6) is 0.692. The number of hydrogen-bond acceptors (Lipinski definition) is 2. The molecule has 52 valence electrons. The Morgan fingerprint density at radius 3 is 2.30 bits per heavy atom. The Kier molecular flexibility index (Phi) is 4.23. The Morgan fingerprint density at radius 2 is 1.90 bits per heavy atom. The molecule has 1 aromatic rings. The molecule has 0 heterocycles. The molecule has 10 heavy (non-hydrogen) atoms. The topological polar surface area (TPSA) is 29.5 Å². The van der Waals surface area contributed by atoms with E-state index in [0.29, 0.717) is 5.75 Å². The van der Waals surface area contributed by atoms with E-state index in [-0.39, 0.29) is 28.8 Å². The summed E-state index contributed by atoms with van der Waals surface area (Å²) in [7, 11) is 1.52. The van der Waals surface area contributed by atoms with Crippen LogP contribution in [-0.4, -0.2) is 35.3 Å². The van der Waals surface area contributed by atoms with Crippen LogP contribution in [-0.2, 0) is 0 Å². The molecule has 0 saturated heterocycles. The van der Waals surface area contributed by atoms with Gasteiger partial charge in [-0.25, -0.2) is 0 Å². The molecule has 2 nitrogen and oxygen atoms in total. The van der Waals surface area contributed by atoms with Crippen molar-refractivity contribution in [2.24, 2.45) is 0 Å². The van der Waals surface area contributed by atoms with E-state index in [2.05, 4.69) is 0 Å². The highest BCUT2D eigenvalue weighted by molar-refractivity contribution is 5.75. The lowest BCUT2D eigenvalue weighted by molar-refractivity contribution is 0.373. The van der Waals surface area contributed by atoms with Crippen molar-refractivity contribution in [3.05, 3.63) is 24.3 Å². The zero-order chi connectivity index (χ0) is 6.69. The molecule has 0 aliphatic rings. The molecule has 1 rings (SSSR count). The molecule has 0 saturated carbocycles. The third-order valence-electron chi connectivity index (χ3n) is 1.09. The Labute approximate surface area is 76.0 Å². The van der Waals surface area contributed by atoms with Crippen molar-refractivity contribution in [2.75, 3.05) is 7.11 Å². The third-order valence-corrected chi connectivity index (χ3v) is 1.09. The van der Waals surface area contributed by atoms with Gasteiger partial charge in [-0.2, -0.15) is 0 Å². The van der Waals surface area contributed by atoms with Gasteiger partial charge in [-0.05, 0) is 12.1 Å². The average molecular weight is 150 g/mol. The van der Waals surface area contributed by atoms with Crippen LogP contribution in [0.3, 0.4) is 0 Å². The van der Waals surface area contributed by atoms with E-state index in [9.17, 15) is 0 Å². The molecule has 1 N–H and O–H groups in total. The lowest BCUT2D eigenvalue weighted by Gasteiger charge is -1.99. The second-order valence-electron chi connectivity index (χ2n) is 1.67. The van der Waals surface area contributed by atoms with E-state index in [1.165, 1.54) is 7.11 Å². The SMILES string of the molecule is COc1ccccc1O.[MgH2]. The second-order valence-corrected chi connectivity index (χ2v) is 1.67.